The molecule has 2 nitrogen and oxygen atoms in total. The molecule has 0 saturated heterocycles. The second-order valence-electron chi connectivity index (χ2n) is 4.33. The van der Waals surface area contributed by atoms with Gasteiger partial charge in [0.05, 0.1) is 0 Å². The average molecular weight is 202 g/mol. The van der Waals surface area contributed by atoms with Crippen molar-refractivity contribution >= 4 is 0 Å². The third-order valence-corrected chi connectivity index (χ3v) is 3.48. The van der Waals surface area contributed by atoms with E-state index in [9.17, 15) is 0 Å². The summed E-state index contributed by atoms with van der Waals surface area (Å²) >= 11 is 0. The van der Waals surface area contributed by atoms with E-state index in [0.717, 1.165) is 0 Å². The Labute approximate surface area is 91.6 Å². The minimum atomic E-state index is -0.102. The van der Waals surface area contributed by atoms with Gasteiger partial charge in [-0.05, 0) is 26.3 Å². The van der Waals surface area contributed by atoms with Crippen molar-refractivity contribution in [2.24, 2.45) is 0 Å². The Bertz CT molecular complexity index is 394. The van der Waals surface area contributed by atoms with Crippen LogP contribution in [-0.2, 0) is 5.66 Å². The van der Waals surface area contributed by atoms with E-state index in [2.05, 4.69) is 68.4 Å². The van der Waals surface area contributed by atoms with Crippen LogP contribution in [0.3, 0.4) is 0 Å². The smallest absolute Gasteiger partial charge is 0.133 e. The second-order valence-corrected chi connectivity index (χ2v) is 4.33. The summed E-state index contributed by atoms with van der Waals surface area (Å²) in [4.78, 5) is 2.29. The van der Waals surface area contributed by atoms with Gasteiger partial charge in [-0.2, -0.15) is 0 Å². The maximum Gasteiger partial charge on any atom is 0.133 e. The van der Waals surface area contributed by atoms with E-state index in [4.69, 9.17) is 0 Å². The largest absolute Gasteiger partial charge is 0.361 e. The summed E-state index contributed by atoms with van der Waals surface area (Å²) in [7, 11) is 2.13. The summed E-state index contributed by atoms with van der Waals surface area (Å²) in [6, 6.07) is 10.5. The molecular weight excluding hydrogens is 184 g/mol. The van der Waals surface area contributed by atoms with E-state index in [0.29, 0.717) is 0 Å². The topological polar surface area (TPSA) is 15.3 Å². The first-order chi connectivity index (χ1) is 7.05. The predicted octanol–water partition coefficient (Wildman–Crippen LogP) is 2.65. The van der Waals surface area contributed by atoms with Crippen LogP contribution in [0.15, 0.2) is 41.7 Å². The van der Waals surface area contributed by atoms with Crippen LogP contribution in [-0.4, -0.2) is 11.9 Å². The molecule has 15 heavy (non-hydrogen) atoms. The van der Waals surface area contributed by atoms with Gasteiger partial charge in [0.25, 0.3) is 0 Å². The third kappa shape index (κ3) is 1.41. The van der Waals surface area contributed by atoms with E-state index >= 15 is 0 Å². The molecule has 0 amide bonds. The predicted molar refractivity (Wildman–Crippen MR) is 63.1 cm³/mol. The molecule has 0 bridgehead atoms. The molecule has 0 radical (unpaired) electrons. The highest BCUT2D eigenvalue weighted by Crippen LogP contribution is 2.34. The Kier molecular flexibility index (Phi) is 2.22. The molecule has 0 aliphatic carbocycles. The molecule has 2 heteroatoms. The minimum Gasteiger partial charge on any atom is -0.361 e. The van der Waals surface area contributed by atoms with Gasteiger partial charge in [-0.25, -0.2) is 0 Å². The molecule has 1 atom stereocenters. The molecule has 1 heterocycles. The van der Waals surface area contributed by atoms with Gasteiger partial charge in [-0.15, -0.1) is 0 Å². The third-order valence-electron chi connectivity index (χ3n) is 3.48. The molecular formula is C13H18N2. The van der Waals surface area contributed by atoms with Gasteiger partial charge >= 0.3 is 0 Å². The Hall–Kier alpha value is -1.44. The number of benzene rings is 1. The van der Waals surface area contributed by atoms with Crippen molar-refractivity contribution in [1.82, 2.24) is 10.2 Å². The van der Waals surface area contributed by atoms with Crippen molar-refractivity contribution in [1.29, 1.82) is 0 Å². The SMILES string of the molecule is CC1=C(C)N(C)C(C)(c2ccccc2)N1. The highest BCUT2D eigenvalue weighted by molar-refractivity contribution is 5.30. The molecule has 80 valence electrons. The van der Waals surface area contributed by atoms with Crippen LogP contribution in [0.1, 0.15) is 26.3 Å². The highest BCUT2D eigenvalue weighted by Gasteiger charge is 2.36. The van der Waals surface area contributed by atoms with Crippen molar-refractivity contribution in [2.45, 2.75) is 26.4 Å². The first kappa shape index (κ1) is 10.1. The molecule has 1 aliphatic heterocycles. The van der Waals surface area contributed by atoms with Gasteiger partial charge in [-0.3, -0.25) is 0 Å². The molecule has 2 rings (SSSR count). The first-order valence-electron chi connectivity index (χ1n) is 5.31. The molecule has 0 spiro atoms. The molecule has 1 unspecified atom stereocenters. The standard InChI is InChI=1S/C13H18N2/c1-10-11(2)15(4)13(3,14-10)12-8-6-5-7-9-12/h5-9,14H,1-4H3. The Morgan fingerprint density at radius 3 is 2.20 bits per heavy atom. The Morgan fingerprint density at radius 2 is 1.73 bits per heavy atom. The van der Waals surface area contributed by atoms with Crippen molar-refractivity contribution in [3.05, 3.63) is 47.3 Å². The maximum absolute atomic E-state index is 3.55. The van der Waals surface area contributed by atoms with Gasteiger partial charge in [0.15, 0.2) is 0 Å². The monoisotopic (exact) mass is 202 g/mol. The summed E-state index contributed by atoms with van der Waals surface area (Å²) in [5.74, 6) is 0. The van der Waals surface area contributed by atoms with Crippen LogP contribution in [0.4, 0.5) is 0 Å². The minimum absolute atomic E-state index is 0.102. The lowest BCUT2D eigenvalue weighted by Crippen LogP contribution is -2.45. The van der Waals surface area contributed by atoms with Crippen molar-refractivity contribution < 1.29 is 0 Å². The van der Waals surface area contributed by atoms with Crippen LogP contribution in [0, 0.1) is 0 Å². The number of rotatable bonds is 1. The quantitative estimate of drug-likeness (QED) is 0.753. The van der Waals surface area contributed by atoms with E-state index in [1.54, 1.807) is 0 Å². The van der Waals surface area contributed by atoms with Gasteiger partial charge in [0.1, 0.15) is 5.66 Å². The number of allylic oxidation sites excluding steroid dienone is 2. The lowest BCUT2D eigenvalue weighted by molar-refractivity contribution is 0.184. The van der Waals surface area contributed by atoms with Gasteiger partial charge in [-0.1, -0.05) is 30.3 Å². The van der Waals surface area contributed by atoms with Crippen LogP contribution in [0.2, 0.25) is 0 Å². The average Bonchev–Trinajstić information content (AvgIpc) is 2.45. The fourth-order valence-corrected chi connectivity index (χ4v) is 2.15. The number of nitrogens with zero attached hydrogens (tertiary/aromatic N) is 1. The molecule has 0 aromatic heterocycles. The zero-order chi connectivity index (χ0) is 11.1. The Balaban J connectivity index is 2.40. The van der Waals surface area contributed by atoms with Crippen LogP contribution < -0.4 is 5.32 Å². The summed E-state index contributed by atoms with van der Waals surface area (Å²) < 4.78 is 0. The van der Waals surface area contributed by atoms with E-state index in [-0.39, 0.29) is 5.66 Å². The molecule has 1 aromatic carbocycles. The summed E-state index contributed by atoms with van der Waals surface area (Å²) in [6.45, 7) is 6.48. The van der Waals surface area contributed by atoms with Crippen LogP contribution in [0.25, 0.3) is 0 Å². The van der Waals surface area contributed by atoms with E-state index in [1.165, 1.54) is 17.0 Å². The molecule has 0 saturated carbocycles. The number of hydrogen-bond donors (Lipinski definition) is 1. The van der Waals surface area contributed by atoms with E-state index in [1.807, 2.05) is 0 Å². The van der Waals surface area contributed by atoms with Crippen molar-refractivity contribution in [2.75, 3.05) is 7.05 Å². The fourth-order valence-electron chi connectivity index (χ4n) is 2.15. The van der Waals surface area contributed by atoms with Crippen molar-refractivity contribution in [3.8, 4) is 0 Å². The van der Waals surface area contributed by atoms with Crippen LogP contribution >= 0.6 is 0 Å². The lowest BCUT2D eigenvalue weighted by Gasteiger charge is -2.36. The van der Waals surface area contributed by atoms with E-state index < -0.39 is 0 Å². The first-order valence-corrected chi connectivity index (χ1v) is 5.31. The fraction of sp³-hybridized carbons (Fsp3) is 0.385. The van der Waals surface area contributed by atoms with Gasteiger partial charge < -0.3 is 10.2 Å². The summed E-state index contributed by atoms with van der Waals surface area (Å²) in [5.41, 5.74) is 3.75. The maximum atomic E-state index is 3.55. The molecule has 1 aromatic rings. The van der Waals surface area contributed by atoms with Gasteiger partial charge in [0, 0.05) is 18.4 Å². The zero-order valence-electron chi connectivity index (χ0n) is 9.83. The highest BCUT2D eigenvalue weighted by atomic mass is 15.4. The van der Waals surface area contributed by atoms with Crippen LogP contribution in [0.5, 0.6) is 0 Å². The number of nitrogens with one attached hydrogen (secondary N) is 1. The zero-order valence-corrected chi connectivity index (χ0v) is 9.83. The normalized spacial score (nSPS) is 25.7. The van der Waals surface area contributed by atoms with Gasteiger partial charge in [0.2, 0.25) is 0 Å². The molecule has 0 fully saturated rings. The Morgan fingerprint density at radius 1 is 1.13 bits per heavy atom. The lowest BCUT2D eigenvalue weighted by atomic mass is 10.0. The van der Waals surface area contributed by atoms with Crippen molar-refractivity contribution in [3.63, 3.8) is 0 Å². The molecule has 1 aliphatic rings. The second kappa shape index (κ2) is 3.30. The summed E-state index contributed by atoms with van der Waals surface area (Å²) in [6.07, 6.45) is 0. The number of hydrogen-bond acceptors (Lipinski definition) is 2. The molecule has 1 N–H and O–H groups in total. The summed E-state index contributed by atoms with van der Waals surface area (Å²) in [5, 5.41) is 3.55.